The van der Waals surface area contributed by atoms with E-state index in [1.807, 2.05) is 57.4 Å². The molecule has 1 aliphatic heterocycles. The van der Waals surface area contributed by atoms with E-state index in [2.05, 4.69) is 30.7 Å². The van der Waals surface area contributed by atoms with Crippen molar-refractivity contribution >= 4 is 45.9 Å². The molecule has 7 rings (SSSR count). The second kappa shape index (κ2) is 10.2. The van der Waals surface area contributed by atoms with Crippen LogP contribution in [-0.4, -0.2) is 41.5 Å². The fourth-order valence-corrected chi connectivity index (χ4v) is 5.41. The number of fused-ring (bicyclic) bond motifs is 2. The molecule has 6 aromatic rings. The van der Waals surface area contributed by atoms with Crippen LogP contribution < -0.4 is 15.5 Å². The average Bonchev–Trinajstić information content (AvgIpc) is 3.69. The first-order chi connectivity index (χ1) is 20.9. The average molecular weight is 570 g/mol. The Labute approximate surface area is 246 Å². The first kappa shape index (κ1) is 26.1. The SMILES string of the molecule is Cc1cnc(Nc2cc(C)n(C)n2)nc1-c1c[nH]c2c(N3Cc4c(NC(=O)c5ccncc5)cccc4C3=O)cccc12. The van der Waals surface area contributed by atoms with E-state index in [-0.39, 0.29) is 11.8 Å². The van der Waals surface area contributed by atoms with Gasteiger partial charge in [0.05, 0.1) is 23.4 Å². The predicted molar refractivity (Wildman–Crippen MR) is 164 cm³/mol. The molecule has 3 N–H and O–H groups in total. The molecule has 0 spiro atoms. The molecule has 2 aromatic carbocycles. The Morgan fingerprint density at radius 1 is 1.02 bits per heavy atom. The number of nitrogens with one attached hydrogen (secondary N) is 3. The minimum atomic E-state index is -0.259. The van der Waals surface area contributed by atoms with Crippen LogP contribution in [0.1, 0.15) is 37.5 Å². The summed E-state index contributed by atoms with van der Waals surface area (Å²) in [6.07, 6.45) is 6.84. The van der Waals surface area contributed by atoms with Crippen molar-refractivity contribution in [1.29, 1.82) is 0 Å². The molecule has 212 valence electrons. The lowest BCUT2D eigenvalue weighted by Gasteiger charge is -2.17. The van der Waals surface area contributed by atoms with Crippen molar-refractivity contribution in [1.82, 2.24) is 29.7 Å². The van der Waals surface area contributed by atoms with Crippen LogP contribution in [0, 0.1) is 13.8 Å². The number of aromatic amines is 1. The van der Waals surface area contributed by atoms with Gasteiger partial charge >= 0.3 is 0 Å². The standard InChI is InChI=1S/C32H27N9O2/c1-18-15-35-32(37-27-14-19(2)40(3)39-27)38-28(18)23-16-34-29-21(23)6-5-9-26(29)41-17-24-22(31(41)43)7-4-8-25(24)36-30(42)20-10-12-33-13-11-20/h4-16,34H,17H2,1-3H3,(H,36,42)(H,35,37,38,39). The minimum Gasteiger partial charge on any atom is -0.359 e. The number of H-pyrrole nitrogens is 1. The monoisotopic (exact) mass is 569 g/mol. The maximum atomic E-state index is 13.7. The van der Waals surface area contributed by atoms with Crippen molar-refractivity contribution < 1.29 is 9.59 Å². The van der Waals surface area contributed by atoms with Crippen LogP contribution in [0.15, 0.2) is 79.4 Å². The first-order valence-electron chi connectivity index (χ1n) is 13.7. The summed E-state index contributed by atoms with van der Waals surface area (Å²) in [5.74, 6) is 0.717. The summed E-state index contributed by atoms with van der Waals surface area (Å²) in [4.78, 5) is 44.9. The largest absolute Gasteiger partial charge is 0.359 e. The summed E-state index contributed by atoms with van der Waals surface area (Å²) in [6.45, 7) is 4.26. The Balaban J connectivity index is 1.21. The van der Waals surface area contributed by atoms with Crippen molar-refractivity contribution in [3.63, 3.8) is 0 Å². The van der Waals surface area contributed by atoms with Gasteiger partial charge in [-0.1, -0.05) is 18.2 Å². The zero-order valence-corrected chi connectivity index (χ0v) is 23.7. The fraction of sp³-hybridized carbons (Fsp3) is 0.125. The van der Waals surface area contributed by atoms with Gasteiger partial charge < -0.3 is 20.5 Å². The number of hydrogen-bond donors (Lipinski definition) is 3. The highest BCUT2D eigenvalue weighted by atomic mass is 16.2. The number of pyridine rings is 1. The Kier molecular flexibility index (Phi) is 6.19. The van der Waals surface area contributed by atoms with Gasteiger partial charge in [-0.3, -0.25) is 19.3 Å². The lowest BCUT2D eigenvalue weighted by molar-refractivity contribution is 0.0994. The number of carbonyl (C=O) groups excluding carboxylic acids is 2. The van der Waals surface area contributed by atoms with Crippen molar-refractivity contribution in [2.75, 3.05) is 15.5 Å². The van der Waals surface area contributed by atoms with Gasteiger partial charge in [0.2, 0.25) is 5.95 Å². The number of carbonyl (C=O) groups is 2. The maximum Gasteiger partial charge on any atom is 0.259 e. The number of benzene rings is 2. The molecular weight excluding hydrogens is 542 g/mol. The van der Waals surface area contributed by atoms with E-state index in [1.54, 1.807) is 52.4 Å². The molecule has 0 saturated heterocycles. The Morgan fingerprint density at radius 3 is 2.63 bits per heavy atom. The molecule has 0 fully saturated rings. The molecule has 11 nitrogen and oxygen atoms in total. The third-order valence-electron chi connectivity index (χ3n) is 7.72. The number of aromatic nitrogens is 6. The maximum absolute atomic E-state index is 13.7. The number of anilines is 4. The number of aryl methyl sites for hydroxylation is 3. The van der Waals surface area contributed by atoms with Crippen LogP contribution in [0.5, 0.6) is 0 Å². The highest BCUT2D eigenvalue weighted by Crippen LogP contribution is 2.39. The Morgan fingerprint density at radius 2 is 1.84 bits per heavy atom. The second-order valence-corrected chi connectivity index (χ2v) is 10.5. The van der Waals surface area contributed by atoms with E-state index in [0.29, 0.717) is 35.1 Å². The van der Waals surface area contributed by atoms with Crippen molar-refractivity contribution in [3.8, 4) is 11.3 Å². The van der Waals surface area contributed by atoms with Crippen LogP contribution in [-0.2, 0) is 13.6 Å². The molecule has 1 aliphatic rings. The summed E-state index contributed by atoms with van der Waals surface area (Å²) in [5, 5.41) is 11.5. The lowest BCUT2D eigenvalue weighted by Crippen LogP contribution is -2.23. The van der Waals surface area contributed by atoms with Gasteiger partial charge in [-0.25, -0.2) is 9.97 Å². The van der Waals surface area contributed by atoms with Gasteiger partial charge in [0.15, 0.2) is 5.82 Å². The van der Waals surface area contributed by atoms with Gasteiger partial charge in [-0.15, -0.1) is 0 Å². The smallest absolute Gasteiger partial charge is 0.259 e. The van der Waals surface area contributed by atoms with Crippen LogP contribution in [0.2, 0.25) is 0 Å². The van der Waals surface area contributed by atoms with E-state index in [9.17, 15) is 9.59 Å². The Bertz CT molecular complexity index is 2030. The topological polar surface area (TPSA) is 134 Å². The number of amides is 2. The summed E-state index contributed by atoms with van der Waals surface area (Å²) in [6, 6.07) is 16.5. The quantitative estimate of drug-likeness (QED) is 0.240. The molecule has 0 atom stereocenters. The number of nitrogens with zero attached hydrogens (tertiary/aromatic N) is 6. The fourth-order valence-electron chi connectivity index (χ4n) is 5.41. The van der Waals surface area contributed by atoms with Crippen LogP contribution in [0.25, 0.3) is 22.2 Å². The summed E-state index contributed by atoms with van der Waals surface area (Å²) in [7, 11) is 1.88. The molecular formula is C32H27N9O2. The van der Waals surface area contributed by atoms with Crippen molar-refractivity contribution in [3.05, 3.63) is 107 Å². The summed E-state index contributed by atoms with van der Waals surface area (Å²) in [5.41, 5.74) is 7.57. The molecule has 0 aliphatic carbocycles. The van der Waals surface area contributed by atoms with Crippen LogP contribution in [0.4, 0.5) is 23.1 Å². The molecule has 0 saturated carbocycles. The van der Waals surface area contributed by atoms with Gasteiger partial charge in [0, 0.05) is 76.9 Å². The Hall–Kier alpha value is -5.84. The summed E-state index contributed by atoms with van der Waals surface area (Å²) >= 11 is 0. The van der Waals surface area contributed by atoms with Gasteiger partial charge in [0.25, 0.3) is 11.8 Å². The highest BCUT2D eigenvalue weighted by Gasteiger charge is 2.32. The second-order valence-electron chi connectivity index (χ2n) is 10.5. The molecule has 0 radical (unpaired) electrons. The molecule has 0 bridgehead atoms. The molecule has 11 heteroatoms. The summed E-state index contributed by atoms with van der Waals surface area (Å²) < 4.78 is 1.79. The number of para-hydroxylation sites is 1. The van der Waals surface area contributed by atoms with Gasteiger partial charge in [0.1, 0.15) is 0 Å². The van der Waals surface area contributed by atoms with E-state index < -0.39 is 0 Å². The van der Waals surface area contributed by atoms with Crippen LogP contribution >= 0.6 is 0 Å². The van der Waals surface area contributed by atoms with E-state index in [4.69, 9.17) is 4.98 Å². The molecule has 2 amide bonds. The predicted octanol–water partition coefficient (Wildman–Crippen LogP) is 5.53. The third-order valence-corrected chi connectivity index (χ3v) is 7.72. The molecule has 0 unspecified atom stereocenters. The van der Waals surface area contributed by atoms with E-state index in [0.717, 1.165) is 44.7 Å². The van der Waals surface area contributed by atoms with Crippen LogP contribution in [0.3, 0.4) is 0 Å². The van der Waals surface area contributed by atoms with E-state index >= 15 is 0 Å². The molecule has 5 heterocycles. The third kappa shape index (κ3) is 4.56. The van der Waals surface area contributed by atoms with Crippen molar-refractivity contribution in [2.24, 2.45) is 7.05 Å². The van der Waals surface area contributed by atoms with Gasteiger partial charge in [-0.2, -0.15) is 5.10 Å². The number of hydrogen-bond acceptors (Lipinski definition) is 7. The first-order valence-corrected chi connectivity index (χ1v) is 13.7. The molecule has 4 aromatic heterocycles. The van der Waals surface area contributed by atoms with E-state index in [1.165, 1.54) is 0 Å². The number of rotatable bonds is 6. The lowest BCUT2D eigenvalue weighted by atomic mass is 10.1. The molecule has 43 heavy (non-hydrogen) atoms. The minimum absolute atomic E-state index is 0.131. The highest BCUT2D eigenvalue weighted by molar-refractivity contribution is 6.16. The van der Waals surface area contributed by atoms with Gasteiger partial charge in [-0.05, 0) is 49.7 Å². The normalized spacial score (nSPS) is 12.5. The zero-order chi connectivity index (χ0) is 29.7. The van der Waals surface area contributed by atoms with Crippen molar-refractivity contribution in [2.45, 2.75) is 20.4 Å². The zero-order valence-electron chi connectivity index (χ0n) is 23.7.